The molecule has 0 atom stereocenters. The molecule has 2 aromatic heterocycles. The third kappa shape index (κ3) is 3.80. The Morgan fingerprint density at radius 3 is 2.60 bits per heavy atom. The molecule has 11 heteroatoms. The number of benzene rings is 1. The zero-order chi connectivity index (χ0) is 18.2. The predicted molar refractivity (Wildman–Crippen MR) is 87.1 cm³/mol. The van der Waals surface area contributed by atoms with Crippen LogP contribution in [-0.2, 0) is 16.2 Å². The molecule has 1 N–H and O–H groups in total. The molecule has 0 aliphatic rings. The summed E-state index contributed by atoms with van der Waals surface area (Å²) >= 11 is 6.42. The molecule has 0 aliphatic heterocycles. The van der Waals surface area contributed by atoms with Crippen LogP contribution in [0.3, 0.4) is 0 Å². The van der Waals surface area contributed by atoms with E-state index < -0.39 is 26.8 Å². The number of aromatic nitrogens is 1. The Bertz CT molecular complexity index is 999. The fourth-order valence-electron chi connectivity index (χ4n) is 1.96. The number of sulfonamides is 1. The van der Waals surface area contributed by atoms with E-state index >= 15 is 0 Å². The molecule has 3 aromatic rings. The summed E-state index contributed by atoms with van der Waals surface area (Å²) in [7, 11) is -4.06. The highest BCUT2D eigenvalue weighted by Gasteiger charge is 2.33. The van der Waals surface area contributed by atoms with Crippen LogP contribution in [-0.4, -0.2) is 13.6 Å². The van der Waals surface area contributed by atoms with Crippen molar-refractivity contribution >= 4 is 38.6 Å². The third-order valence-corrected chi connectivity index (χ3v) is 6.24. The minimum atomic E-state index is -4.69. The van der Waals surface area contributed by atoms with Crippen LogP contribution in [0.4, 0.5) is 18.9 Å². The van der Waals surface area contributed by atoms with Crippen LogP contribution in [0.15, 0.2) is 50.6 Å². The summed E-state index contributed by atoms with van der Waals surface area (Å²) < 4.78 is 70.3. The SMILES string of the molecule is O=S(=O)(Nc1ccc(Cl)c(C(F)(F)F)c1)c1cc(-c2ccno2)cs1. The van der Waals surface area contributed by atoms with E-state index in [0.717, 1.165) is 23.5 Å². The fraction of sp³-hybridized carbons (Fsp3) is 0.0714. The first-order valence-corrected chi connectivity index (χ1v) is 9.30. The molecule has 0 spiro atoms. The lowest BCUT2D eigenvalue weighted by Gasteiger charge is -2.12. The lowest BCUT2D eigenvalue weighted by Crippen LogP contribution is -2.13. The van der Waals surface area contributed by atoms with Gasteiger partial charge < -0.3 is 4.52 Å². The molecule has 1 aromatic carbocycles. The van der Waals surface area contributed by atoms with Crippen molar-refractivity contribution in [2.75, 3.05) is 4.72 Å². The first-order valence-electron chi connectivity index (χ1n) is 6.56. The molecular formula is C14H8ClF3N2O3S2. The Morgan fingerprint density at radius 1 is 1.20 bits per heavy atom. The first kappa shape index (κ1) is 17.8. The number of nitrogens with zero attached hydrogens (tertiary/aromatic N) is 1. The summed E-state index contributed by atoms with van der Waals surface area (Å²) in [5.74, 6) is 0.378. The molecular weight excluding hydrogens is 401 g/mol. The molecule has 0 saturated heterocycles. The van der Waals surface area contributed by atoms with Crippen LogP contribution < -0.4 is 4.72 Å². The monoisotopic (exact) mass is 408 g/mol. The topological polar surface area (TPSA) is 72.2 Å². The standard InChI is InChI=1S/C14H8ClF3N2O3S2/c15-11-2-1-9(6-10(11)14(16,17)18)20-25(21,22)13-5-8(7-24-13)12-3-4-19-23-12/h1-7,20H. The summed E-state index contributed by atoms with van der Waals surface area (Å²) in [5.41, 5.74) is -0.871. The highest BCUT2D eigenvalue weighted by molar-refractivity contribution is 7.94. The Labute approximate surface area is 149 Å². The number of hydrogen-bond donors (Lipinski definition) is 1. The van der Waals surface area contributed by atoms with Gasteiger partial charge in [0.2, 0.25) is 0 Å². The quantitative estimate of drug-likeness (QED) is 0.668. The molecule has 0 aliphatic carbocycles. The normalized spacial score (nSPS) is 12.3. The van der Waals surface area contributed by atoms with E-state index in [1.807, 2.05) is 0 Å². The molecule has 0 bridgehead atoms. The zero-order valence-electron chi connectivity index (χ0n) is 12.0. The Kier molecular flexibility index (Phi) is 4.52. The summed E-state index contributed by atoms with van der Waals surface area (Å²) in [6.07, 6.45) is -3.28. The van der Waals surface area contributed by atoms with Gasteiger partial charge in [0.05, 0.1) is 16.8 Å². The van der Waals surface area contributed by atoms with Gasteiger partial charge in [0.15, 0.2) is 5.76 Å². The number of alkyl halides is 3. The van der Waals surface area contributed by atoms with Gasteiger partial charge in [0.1, 0.15) is 4.21 Å². The number of nitrogens with one attached hydrogen (secondary N) is 1. The molecule has 3 rings (SSSR count). The minimum Gasteiger partial charge on any atom is -0.356 e. The van der Waals surface area contributed by atoms with Crippen LogP contribution in [0, 0.1) is 0 Å². The molecule has 5 nitrogen and oxygen atoms in total. The number of hydrogen-bond acceptors (Lipinski definition) is 5. The average molecular weight is 409 g/mol. The van der Waals surface area contributed by atoms with E-state index in [0.29, 0.717) is 17.4 Å². The van der Waals surface area contributed by atoms with E-state index in [1.165, 1.54) is 17.6 Å². The highest BCUT2D eigenvalue weighted by atomic mass is 35.5. The van der Waals surface area contributed by atoms with Crippen molar-refractivity contribution in [3.63, 3.8) is 0 Å². The molecule has 0 fully saturated rings. The summed E-state index contributed by atoms with van der Waals surface area (Å²) in [6.45, 7) is 0. The second-order valence-corrected chi connectivity index (χ2v) is 8.06. The maximum Gasteiger partial charge on any atom is 0.417 e. The second kappa shape index (κ2) is 6.36. The molecule has 0 unspecified atom stereocenters. The molecule has 25 heavy (non-hydrogen) atoms. The van der Waals surface area contributed by atoms with Crippen LogP contribution in [0.25, 0.3) is 11.3 Å². The van der Waals surface area contributed by atoms with E-state index in [4.69, 9.17) is 16.1 Å². The molecule has 0 amide bonds. The van der Waals surface area contributed by atoms with Gasteiger partial charge in [0.25, 0.3) is 10.0 Å². The Morgan fingerprint density at radius 2 is 1.96 bits per heavy atom. The number of halogens is 4. The summed E-state index contributed by atoms with van der Waals surface area (Å²) in [5, 5.41) is 4.55. The minimum absolute atomic E-state index is 0.0811. The molecule has 2 heterocycles. The molecule has 132 valence electrons. The van der Waals surface area contributed by atoms with Gasteiger partial charge in [0, 0.05) is 22.7 Å². The summed E-state index contributed by atoms with van der Waals surface area (Å²) in [4.78, 5) is 0. The maximum atomic E-state index is 12.9. The predicted octanol–water partition coefficient (Wildman–Crippen LogP) is 4.88. The smallest absolute Gasteiger partial charge is 0.356 e. The largest absolute Gasteiger partial charge is 0.417 e. The van der Waals surface area contributed by atoms with Crippen molar-refractivity contribution in [1.82, 2.24) is 5.16 Å². The van der Waals surface area contributed by atoms with Crippen molar-refractivity contribution < 1.29 is 26.1 Å². The van der Waals surface area contributed by atoms with Crippen LogP contribution in [0.5, 0.6) is 0 Å². The molecule has 0 saturated carbocycles. The number of thiophene rings is 1. The van der Waals surface area contributed by atoms with Gasteiger partial charge in [-0.2, -0.15) is 13.2 Å². The second-order valence-electron chi connectivity index (χ2n) is 4.83. The first-order chi connectivity index (χ1) is 11.7. The Balaban J connectivity index is 1.90. The van der Waals surface area contributed by atoms with E-state index in [1.54, 1.807) is 6.07 Å². The highest BCUT2D eigenvalue weighted by Crippen LogP contribution is 2.37. The van der Waals surface area contributed by atoms with Gasteiger partial charge in [-0.3, -0.25) is 4.72 Å². The Hall–Kier alpha value is -2.04. The van der Waals surface area contributed by atoms with E-state index in [9.17, 15) is 21.6 Å². The van der Waals surface area contributed by atoms with E-state index in [2.05, 4.69) is 9.88 Å². The van der Waals surface area contributed by atoms with Crippen LogP contribution in [0.1, 0.15) is 5.56 Å². The van der Waals surface area contributed by atoms with Crippen LogP contribution >= 0.6 is 22.9 Å². The number of anilines is 1. The van der Waals surface area contributed by atoms with Crippen LogP contribution in [0.2, 0.25) is 5.02 Å². The zero-order valence-corrected chi connectivity index (χ0v) is 14.4. The fourth-order valence-corrected chi connectivity index (χ4v) is 4.41. The van der Waals surface area contributed by atoms with Gasteiger partial charge in [-0.05, 0) is 24.3 Å². The average Bonchev–Trinajstić information content (AvgIpc) is 3.18. The van der Waals surface area contributed by atoms with Crippen molar-refractivity contribution in [3.8, 4) is 11.3 Å². The van der Waals surface area contributed by atoms with Crippen molar-refractivity contribution in [2.45, 2.75) is 10.4 Å². The van der Waals surface area contributed by atoms with Gasteiger partial charge in [-0.1, -0.05) is 16.8 Å². The van der Waals surface area contributed by atoms with Crippen molar-refractivity contribution in [3.05, 3.63) is 52.5 Å². The lowest BCUT2D eigenvalue weighted by molar-refractivity contribution is -0.137. The van der Waals surface area contributed by atoms with Crippen molar-refractivity contribution in [2.24, 2.45) is 0 Å². The third-order valence-electron chi connectivity index (χ3n) is 3.09. The van der Waals surface area contributed by atoms with E-state index in [-0.39, 0.29) is 9.90 Å². The summed E-state index contributed by atoms with van der Waals surface area (Å²) in [6, 6.07) is 5.68. The molecule has 0 radical (unpaired) electrons. The maximum absolute atomic E-state index is 12.9. The lowest BCUT2D eigenvalue weighted by atomic mass is 10.2. The van der Waals surface area contributed by atoms with Crippen molar-refractivity contribution in [1.29, 1.82) is 0 Å². The van der Waals surface area contributed by atoms with Gasteiger partial charge in [-0.25, -0.2) is 8.42 Å². The number of rotatable bonds is 4. The van der Waals surface area contributed by atoms with Gasteiger partial charge in [-0.15, -0.1) is 11.3 Å². The van der Waals surface area contributed by atoms with Gasteiger partial charge >= 0.3 is 6.18 Å².